The van der Waals surface area contributed by atoms with Gasteiger partial charge < -0.3 is 24.1 Å². The van der Waals surface area contributed by atoms with Crippen molar-refractivity contribution in [2.45, 2.75) is 46.3 Å². The van der Waals surface area contributed by atoms with E-state index in [2.05, 4.69) is 67.8 Å². The molecule has 0 spiro atoms. The van der Waals surface area contributed by atoms with E-state index in [0.717, 1.165) is 10.7 Å². The van der Waals surface area contributed by atoms with Crippen LogP contribution in [-0.4, -0.2) is 55.7 Å². The molecule has 0 aliphatic carbocycles. The molecule has 2 rings (SSSR count). The molecule has 0 bridgehead atoms. The summed E-state index contributed by atoms with van der Waals surface area (Å²) in [5, 5.41) is 10.2. The van der Waals surface area contributed by atoms with Gasteiger partial charge in [0, 0.05) is 7.14 Å². The molecule has 1 heterocycles. The van der Waals surface area contributed by atoms with Crippen LogP contribution in [0.25, 0.3) is 0 Å². The van der Waals surface area contributed by atoms with Gasteiger partial charge >= 0.3 is 11.9 Å². The molecule has 0 saturated carbocycles. The van der Waals surface area contributed by atoms with E-state index in [9.17, 15) is 14.7 Å². The molecule has 2 atom stereocenters. The maximum Gasteiger partial charge on any atom is 0.311 e. The van der Waals surface area contributed by atoms with Gasteiger partial charge in [-0.1, -0.05) is 0 Å². The minimum Gasteiger partial charge on any atom is -0.490 e. The van der Waals surface area contributed by atoms with Gasteiger partial charge in [-0.15, -0.1) is 0 Å². The third kappa shape index (κ3) is 8.74. The number of epoxide rings is 1. The summed E-state index contributed by atoms with van der Waals surface area (Å²) in [6.45, 7) is 7.57. The molecule has 1 aromatic rings. The SMILES string of the molecule is CC(C)(CC(C)(C)C(=O)OCC1CO1)C(=O)OCC(O)COc1cc(I)cc(I)c1I. The van der Waals surface area contributed by atoms with Crippen molar-refractivity contribution in [1.82, 2.24) is 0 Å². The highest BCUT2D eigenvalue weighted by Crippen LogP contribution is 2.36. The van der Waals surface area contributed by atoms with Crippen LogP contribution < -0.4 is 4.74 Å². The first kappa shape index (κ1) is 27.3. The largest absolute Gasteiger partial charge is 0.490 e. The normalized spacial score (nSPS) is 17.1. The Kier molecular flexibility index (Phi) is 10.1. The van der Waals surface area contributed by atoms with E-state index in [-0.39, 0.29) is 38.3 Å². The van der Waals surface area contributed by atoms with Gasteiger partial charge in [-0.05, 0) is 114 Å². The number of rotatable bonds is 11. The second-order valence-electron chi connectivity index (χ2n) is 8.76. The summed E-state index contributed by atoms with van der Waals surface area (Å²) < 4.78 is 24.4. The lowest BCUT2D eigenvalue weighted by atomic mass is 9.75. The van der Waals surface area contributed by atoms with Gasteiger partial charge in [0.2, 0.25) is 0 Å². The van der Waals surface area contributed by atoms with Crippen LogP contribution in [0, 0.1) is 21.5 Å². The van der Waals surface area contributed by atoms with Crippen molar-refractivity contribution in [3.63, 3.8) is 0 Å². The molecule has 1 N–H and O–H groups in total. The quantitative estimate of drug-likeness (QED) is 0.156. The van der Waals surface area contributed by atoms with Gasteiger partial charge in [-0.25, -0.2) is 0 Å². The van der Waals surface area contributed by atoms with Crippen molar-refractivity contribution >= 4 is 79.7 Å². The van der Waals surface area contributed by atoms with E-state index in [1.165, 1.54) is 0 Å². The lowest BCUT2D eigenvalue weighted by Gasteiger charge is -2.31. The number of hydrogen-bond acceptors (Lipinski definition) is 7. The first-order chi connectivity index (χ1) is 14.3. The minimum atomic E-state index is -0.970. The molecule has 2 unspecified atom stereocenters. The van der Waals surface area contributed by atoms with E-state index in [0.29, 0.717) is 12.4 Å². The molecule has 1 saturated heterocycles. The first-order valence-corrected chi connectivity index (χ1v) is 13.0. The van der Waals surface area contributed by atoms with Crippen LogP contribution >= 0.6 is 67.8 Å². The second kappa shape index (κ2) is 11.5. The van der Waals surface area contributed by atoms with E-state index in [4.69, 9.17) is 18.9 Å². The molecule has 0 radical (unpaired) electrons. The van der Waals surface area contributed by atoms with Crippen LogP contribution in [0.2, 0.25) is 0 Å². The number of aliphatic hydroxyl groups is 1. The number of esters is 2. The number of halogens is 3. The Morgan fingerprint density at radius 3 is 2.26 bits per heavy atom. The van der Waals surface area contributed by atoms with Gasteiger partial charge in [0.25, 0.3) is 0 Å². The molecule has 0 aromatic heterocycles. The van der Waals surface area contributed by atoms with Crippen molar-refractivity contribution in [3.05, 3.63) is 22.8 Å². The summed E-state index contributed by atoms with van der Waals surface area (Å²) in [6.07, 6.45) is -0.732. The van der Waals surface area contributed by atoms with Crippen LogP contribution in [0.4, 0.5) is 0 Å². The summed E-state index contributed by atoms with van der Waals surface area (Å²) in [4.78, 5) is 25.0. The molecule has 1 aliphatic rings. The molecular weight excluding hydrogens is 745 g/mol. The van der Waals surface area contributed by atoms with Gasteiger partial charge in [-0.3, -0.25) is 9.59 Å². The highest BCUT2D eigenvalue weighted by molar-refractivity contribution is 14.1. The van der Waals surface area contributed by atoms with Gasteiger partial charge in [-0.2, -0.15) is 0 Å². The van der Waals surface area contributed by atoms with E-state index >= 15 is 0 Å². The standard InChI is InChI=1S/C21H27I3O7/c1-20(2,11-21(3,4)19(27)31-10-14-9-28-14)18(26)30-8-13(25)7-29-16-6-12(22)5-15(23)17(16)24/h5-6,13-14,25H,7-11H2,1-4H3. The average Bonchev–Trinajstić information content (AvgIpc) is 3.49. The molecule has 1 aromatic carbocycles. The zero-order chi connectivity index (χ0) is 23.4. The number of ether oxygens (including phenoxy) is 4. The smallest absolute Gasteiger partial charge is 0.311 e. The highest BCUT2D eigenvalue weighted by atomic mass is 127. The molecule has 1 fully saturated rings. The number of benzene rings is 1. The van der Waals surface area contributed by atoms with E-state index in [1.807, 2.05) is 12.1 Å². The predicted octanol–water partition coefficient (Wildman–Crippen LogP) is 4.17. The average molecular weight is 772 g/mol. The van der Waals surface area contributed by atoms with Crippen LogP contribution in [0.3, 0.4) is 0 Å². The fourth-order valence-electron chi connectivity index (χ4n) is 3.02. The van der Waals surface area contributed by atoms with Crippen LogP contribution in [0.5, 0.6) is 5.75 Å². The van der Waals surface area contributed by atoms with Crippen molar-refractivity contribution < 1.29 is 33.6 Å². The van der Waals surface area contributed by atoms with Gasteiger partial charge in [0.1, 0.15) is 37.8 Å². The first-order valence-electron chi connectivity index (χ1n) is 9.73. The highest BCUT2D eigenvalue weighted by Gasteiger charge is 2.41. The molecule has 31 heavy (non-hydrogen) atoms. The van der Waals surface area contributed by atoms with Crippen molar-refractivity contribution in [1.29, 1.82) is 0 Å². The molecule has 0 amide bonds. The number of carbonyl (C=O) groups excluding carboxylic acids is 2. The van der Waals surface area contributed by atoms with Crippen LogP contribution in [0.15, 0.2) is 12.1 Å². The minimum absolute atomic E-state index is 0.000933. The fraction of sp³-hybridized carbons (Fsp3) is 0.619. The zero-order valence-electron chi connectivity index (χ0n) is 17.9. The lowest BCUT2D eigenvalue weighted by Crippen LogP contribution is -2.38. The molecule has 7 nitrogen and oxygen atoms in total. The third-order valence-corrected chi connectivity index (χ3v) is 8.21. The summed E-state index contributed by atoms with van der Waals surface area (Å²) >= 11 is 6.63. The van der Waals surface area contributed by atoms with Crippen LogP contribution in [0.1, 0.15) is 34.1 Å². The molecule has 174 valence electrons. The molecule has 10 heteroatoms. The molecule has 1 aliphatic heterocycles. The zero-order valence-corrected chi connectivity index (χ0v) is 24.3. The Morgan fingerprint density at radius 2 is 1.68 bits per heavy atom. The maximum atomic E-state index is 12.6. The summed E-state index contributed by atoms with van der Waals surface area (Å²) in [5.41, 5.74) is -1.79. The Hall–Kier alpha value is 0.0700. The summed E-state index contributed by atoms with van der Waals surface area (Å²) in [5.74, 6) is -0.185. The van der Waals surface area contributed by atoms with E-state index in [1.54, 1.807) is 27.7 Å². The summed E-state index contributed by atoms with van der Waals surface area (Å²) in [7, 11) is 0. The predicted molar refractivity (Wildman–Crippen MR) is 140 cm³/mol. The second-order valence-corrected chi connectivity index (χ2v) is 12.2. The Morgan fingerprint density at radius 1 is 1.10 bits per heavy atom. The number of carbonyl (C=O) groups is 2. The van der Waals surface area contributed by atoms with Crippen LogP contribution in [-0.2, 0) is 23.8 Å². The number of aliphatic hydroxyl groups excluding tert-OH is 1. The van der Waals surface area contributed by atoms with Crippen molar-refractivity contribution in [2.24, 2.45) is 10.8 Å². The maximum absolute atomic E-state index is 12.6. The summed E-state index contributed by atoms with van der Waals surface area (Å²) in [6, 6.07) is 3.93. The van der Waals surface area contributed by atoms with Gasteiger partial charge in [0.05, 0.1) is 21.0 Å². The Labute approximate surface area is 223 Å². The van der Waals surface area contributed by atoms with E-state index < -0.39 is 22.9 Å². The van der Waals surface area contributed by atoms with Crippen molar-refractivity contribution in [2.75, 3.05) is 26.4 Å². The monoisotopic (exact) mass is 772 g/mol. The lowest BCUT2D eigenvalue weighted by molar-refractivity contribution is -0.164. The van der Waals surface area contributed by atoms with Gasteiger partial charge in [0.15, 0.2) is 0 Å². The third-order valence-electron chi connectivity index (χ3n) is 4.59. The Balaban J connectivity index is 1.82. The topological polar surface area (TPSA) is 94.6 Å². The van der Waals surface area contributed by atoms with Crippen molar-refractivity contribution in [3.8, 4) is 5.75 Å². The Bertz CT molecular complexity index is 806. The fourth-order valence-corrected chi connectivity index (χ4v) is 5.27. The molecular formula is C21H27I3O7. The number of hydrogen-bond donors (Lipinski definition) is 1.